The highest BCUT2D eigenvalue weighted by atomic mass is 32.2. The maximum absolute atomic E-state index is 13.1. The van der Waals surface area contributed by atoms with E-state index in [0.717, 1.165) is 18.2 Å². The number of nitrogens with one attached hydrogen (secondary N) is 1. The summed E-state index contributed by atoms with van der Waals surface area (Å²) in [6.07, 6.45) is 0. The number of hydrogen-bond acceptors (Lipinski definition) is 3. The van der Waals surface area contributed by atoms with Crippen LogP contribution in [0, 0.1) is 18.6 Å². The second-order valence-electron chi connectivity index (χ2n) is 4.23. The lowest BCUT2D eigenvalue weighted by atomic mass is 10.2. The van der Waals surface area contributed by atoms with Gasteiger partial charge in [0.25, 0.3) is 10.0 Å². The van der Waals surface area contributed by atoms with Crippen LogP contribution in [0.3, 0.4) is 0 Å². The van der Waals surface area contributed by atoms with Crippen LogP contribution in [0.5, 0.6) is 0 Å². The van der Waals surface area contributed by atoms with E-state index in [-0.39, 0.29) is 16.3 Å². The zero-order valence-electron chi connectivity index (χ0n) is 10.5. The Bertz CT molecular complexity index is 741. The topological polar surface area (TPSA) is 72.2 Å². The number of nitrogen functional groups attached to an aromatic ring is 1. The number of nitrogens with two attached hydrogens (primary N) is 1. The lowest BCUT2D eigenvalue weighted by Crippen LogP contribution is -2.16. The molecule has 0 amide bonds. The van der Waals surface area contributed by atoms with Gasteiger partial charge in [-0.3, -0.25) is 4.72 Å². The minimum atomic E-state index is -3.97. The molecule has 0 aromatic heterocycles. The van der Waals surface area contributed by atoms with Gasteiger partial charge >= 0.3 is 0 Å². The van der Waals surface area contributed by atoms with Crippen LogP contribution in [-0.4, -0.2) is 8.42 Å². The lowest BCUT2D eigenvalue weighted by molar-refractivity contribution is 0.509. The van der Waals surface area contributed by atoms with Gasteiger partial charge in [0.2, 0.25) is 0 Å². The summed E-state index contributed by atoms with van der Waals surface area (Å²) in [7, 11) is -3.97. The quantitative estimate of drug-likeness (QED) is 0.856. The van der Waals surface area contributed by atoms with Crippen LogP contribution >= 0.6 is 0 Å². The van der Waals surface area contributed by atoms with Crippen molar-refractivity contribution in [3.05, 3.63) is 53.6 Å². The van der Waals surface area contributed by atoms with E-state index < -0.39 is 21.7 Å². The van der Waals surface area contributed by atoms with E-state index >= 15 is 0 Å². The molecule has 106 valence electrons. The van der Waals surface area contributed by atoms with Crippen molar-refractivity contribution in [1.29, 1.82) is 0 Å². The fourth-order valence-corrected chi connectivity index (χ4v) is 3.22. The molecule has 0 bridgehead atoms. The Morgan fingerprint density at radius 3 is 2.40 bits per heavy atom. The Kier molecular flexibility index (Phi) is 3.63. The summed E-state index contributed by atoms with van der Waals surface area (Å²) >= 11 is 0. The summed E-state index contributed by atoms with van der Waals surface area (Å²) in [4.78, 5) is -0.0790. The average molecular weight is 298 g/mol. The first kappa shape index (κ1) is 14.3. The van der Waals surface area contributed by atoms with E-state index in [0.29, 0.717) is 5.56 Å². The van der Waals surface area contributed by atoms with Crippen molar-refractivity contribution in [3.8, 4) is 0 Å². The van der Waals surface area contributed by atoms with Crippen LogP contribution in [0.4, 0.5) is 20.2 Å². The van der Waals surface area contributed by atoms with E-state index in [1.165, 1.54) is 6.07 Å². The van der Waals surface area contributed by atoms with E-state index in [1.807, 2.05) is 0 Å². The Morgan fingerprint density at radius 2 is 1.80 bits per heavy atom. The first-order chi connectivity index (χ1) is 9.31. The zero-order chi connectivity index (χ0) is 14.9. The molecule has 2 rings (SSSR count). The Morgan fingerprint density at radius 1 is 1.10 bits per heavy atom. The molecule has 2 aromatic carbocycles. The van der Waals surface area contributed by atoms with Gasteiger partial charge < -0.3 is 5.73 Å². The van der Waals surface area contributed by atoms with E-state index in [1.54, 1.807) is 19.1 Å². The Balaban J connectivity index is 2.43. The lowest BCUT2D eigenvalue weighted by Gasteiger charge is -2.12. The summed E-state index contributed by atoms with van der Waals surface area (Å²) in [6.45, 7) is 1.59. The molecule has 0 spiro atoms. The van der Waals surface area contributed by atoms with Crippen molar-refractivity contribution in [3.63, 3.8) is 0 Å². The molecule has 0 saturated carbocycles. The third kappa shape index (κ3) is 2.72. The number of benzene rings is 2. The monoisotopic (exact) mass is 298 g/mol. The Hall–Kier alpha value is -2.15. The standard InChI is InChI=1S/C13H12F2N2O2S/c1-8-3-2-4-12(16)13(8)20(18,19)17-9-5-6-10(14)11(15)7-9/h2-7,17H,16H2,1H3. The molecule has 0 aliphatic heterocycles. The Labute approximate surface area is 115 Å². The van der Waals surface area contributed by atoms with Gasteiger partial charge in [-0.05, 0) is 30.7 Å². The fraction of sp³-hybridized carbons (Fsp3) is 0.0769. The molecule has 4 nitrogen and oxygen atoms in total. The number of anilines is 2. The van der Waals surface area contributed by atoms with Crippen LogP contribution in [0.25, 0.3) is 0 Å². The molecule has 3 N–H and O–H groups in total. The van der Waals surface area contributed by atoms with Crippen LogP contribution in [-0.2, 0) is 10.0 Å². The summed E-state index contributed by atoms with van der Waals surface area (Å²) in [5.74, 6) is -2.19. The summed E-state index contributed by atoms with van der Waals surface area (Å²) in [5.41, 5.74) is 6.13. The van der Waals surface area contributed by atoms with Gasteiger partial charge in [-0.2, -0.15) is 0 Å². The van der Waals surface area contributed by atoms with Gasteiger partial charge in [0.05, 0.1) is 11.4 Å². The molecule has 0 aliphatic rings. The van der Waals surface area contributed by atoms with Gasteiger partial charge in [-0.1, -0.05) is 12.1 Å². The maximum Gasteiger partial charge on any atom is 0.264 e. The number of aryl methyl sites for hydroxylation is 1. The van der Waals surface area contributed by atoms with E-state index in [9.17, 15) is 17.2 Å². The van der Waals surface area contributed by atoms with Gasteiger partial charge in [0.15, 0.2) is 11.6 Å². The molecule has 0 saturated heterocycles. The predicted molar refractivity (Wildman–Crippen MR) is 72.8 cm³/mol. The van der Waals surface area contributed by atoms with Crippen LogP contribution in [0.2, 0.25) is 0 Å². The number of rotatable bonds is 3. The van der Waals surface area contributed by atoms with Crippen LogP contribution in [0.15, 0.2) is 41.3 Å². The van der Waals surface area contributed by atoms with Crippen molar-refractivity contribution in [2.45, 2.75) is 11.8 Å². The third-order valence-corrected chi connectivity index (χ3v) is 4.28. The van der Waals surface area contributed by atoms with Crippen molar-refractivity contribution in [2.75, 3.05) is 10.5 Å². The molecule has 2 aromatic rings. The molecule has 0 fully saturated rings. The zero-order valence-corrected chi connectivity index (χ0v) is 11.3. The normalized spacial score (nSPS) is 11.3. The largest absolute Gasteiger partial charge is 0.398 e. The molecule has 20 heavy (non-hydrogen) atoms. The van der Waals surface area contributed by atoms with Crippen molar-refractivity contribution < 1.29 is 17.2 Å². The third-order valence-electron chi connectivity index (χ3n) is 2.68. The molecular formula is C13H12F2N2O2S. The van der Waals surface area contributed by atoms with Gasteiger partial charge in [0, 0.05) is 6.07 Å². The SMILES string of the molecule is Cc1cccc(N)c1S(=O)(=O)Nc1ccc(F)c(F)c1. The fourth-order valence-electron chi connectivity index (χ4n) is 1.81. The highest BCUT2D eigenvalue weighted by Crippen LogP contribution is 2.25. The second-order valence-corrected chi connectivity index (χ2v) is 5.85. The highest BCUT2D eigenvalue weighted by Gasteiger charge is 2.20. The van der Waals surface area contributed by atoms with Crippen molar-refractivity contribution in [1.82, 2.24) is 0 Å². The second kappa shape index (κ2) is 5.09. The number of hydrogen-bond donors (Lipinski definition) is 2. The molecule has 0 unspecified atom stereocenters. The first-order valence-corrected chi connectivity index (χ1v) is 7.12. The molecule has 7 heteroatoms. The number of halogens is 2. The minimum absolute atomic E-state index is 0.0773. The van der Waals surface area contributed by atoms with Gasteiger partial charge in [0.1, 0.15) is 4.90 Å². The molecule has 0 atom stereocenters. The van der Waals surface area contributed by atoms with Crippen molar-refractivity contribution in [2.24, 2.45) is 0 Å². The van der Waals surface area contributed by atoms with E-state index in [4.69, 9.17) is 5.73 Å². The summed E-state index contributed by atoms with van der Waals surface area (Å²) < 4.78 is 52.5. The van der Waals surface area contributed by atoms with E-state index in [2.05, 4.69) is 4.72 Å². The first-order valence-electron chi connectivity index (χ1n) is 5.64. The molecular weight excluding hydrogens is 286 g/mol. The summed E-state index contributed by atoms with van der Waals surface area (Å²) in [6, 6.07) is 7.41. The van der Waals surface area contributed by atoms with Gasteiger partial charge in [-0.15, -0.1) is 0 Å². The highest BCUT2D eigenvalue weighted by molar-refractivity contribution is 7.93. The average Bonchev–Trinajstić information content (AvgIpc) is 2.33. The number of sulfonamides is 1. The summed E-state index contributed by atoms with van der Waals surface area (Å²) in [5, 5.41) is 0. The predicted octanol–water partition coefficient (Wildman–Crippen LogP) is 2.66. The maximum atomic E-state index is 13.1. The molecule has 0 aliphatic carbocycles. The minimum Gasteiger partial charge on any atom is -0.398 e. The molecule has 0 heterocycles. The van der Waals surface area contributed by atoms with Crippen LogP contribution in [0.1, 0.15) is 5.56 Å². The van der Waals surface area contributed by atoms with Gasteiger partial charge in [-0.25, -0.2) is 17.2 Å². The molecule has 0 radical (unpaired) electrons. The van der Waals surface area contributed by atoms with Crippen molar-refractivity contribution >= 4 is 21.4 Å². The smallest absolute Gasteiger partial charge is 0.264 e. The van der Waals surface area contributed by atoms with Crippen LogP contribution < -0.4 is 10.5 Å².